The molecule has 126 valence electrons. The molecule has 2 heteroatoms. The molecule has 1 saturated heterocycles. The largest absolute Gasteiger partial charge is 0.414 e. The summed E-state index contributed by atoms with van der Waals surface area (Å²) in [5.74, 6) is 0. The van der Waals surface area contributed by atoms with E-state index in [9.17, 15) is 0 Å². The first kappa shape index (κ1) is 19.2. The Kier molecular flexibility index (Phi) is 10.7. The summed E-state index contributed by atoms with van der Waals surface area (Å²) in [5.41, 5.74) is 0. The second-order valence-electron chi connectivity index (χ2n) is 7.56. The van der Waals surface area contributed by atoms with E-state index < -0.39 is 8.32 Å². The van der Waals surface area contributed by atoms with Crippen LogP contribution in [0.2, 0.25) is 18.6 Å². The highest BCUT2D eigenvalue weighted by atomic mass is 28.4. The minimum atomic E-state index is -1.25. The molecule has 0 saturated carbocycles. The third-order valence-corrected chi connectivity index (χ3v) is 8.91. The fourth-order valence-corrected chi connectivity index (χ4v) is 7.28. The van der Waals surface area contributed by atoms with Crippen LogP contribution in [0.5, 0.6) is 0 Å². The maximum absolute atomic E-state index is 6.42. The molecule has 0 amide bonds. The zero-order valence-electron chi connectivity index (χ0n) is 15.1. The monoisotopic (exact) mass is 312 g/mol. The summed E-state index contributed by atoms with van der Waals surface area (Å²) in [6, 6.07) is 2.82. The van der Waals surface area contributed by atoms with Crippen molar-refractivity contribution >= 4 is 8.32 Å². The van der Waals surface area contributed by atoms with E-state index >= 15 is 0 Å². The van der Waals surface area contributed by atoms with Crippen LogP contribution in [0.15, 0.2) is 0 Å². The Bertz CT molecular complexity index is 236. The summed E-state index contributed by atoms with van der Waals surface area (Å²) in [4.78, 5) is 0. The van der Waals surface area contributed by atoms with E-state index in [1.165, 1.54) is 95.6 Å². The van der Waals surface area contributed by atoms with Crippen molar-refractivity contribution in [1.82, 2.24) is 0 Å². The average molecular weight is 313 g/mol. The zero-order chi connectivity index (χ0) is 15.4. The topological polar surface area (TPSA) is 9.23 Å². The number of unbranched alkanes of at least 4 members (excludes halogenated alkanes) is 9. The first-order valence-electron chi connectivity index (χ1n) is 9.84. The van der Waals surface area contributed by atoms with Gasteiger partial charge in [0.15, 0.2) is 8.32 Å². The summed E-state index contributed by atoms with van der Waals surface area (Å²) in [6.45, 7) is 7.06. The Balaban J connectivity index is 1.85. The van der Waals surface area contributed by atoms with Crippen LogP contribution < -0.4 is 0 Å². The van der Waals surface area contributed by atoms with Gasteiger partial charge in [-0.3, -0.25) is 0 Å². The maximum atomic E-state index is 6.42. The molecule has 0 aromatic heterocycles. The van der Waals surface area contributed by atoms with Crippen molar-refractivity contribution in [3.8, 4) is 0 Å². The lowest BCUT2D eigenvalue weighted by molar-refractivity contribution is 0.195. The van der Waals surface area contributed by atoms with Gasteiger partial charge in [0.05, 0.1) is 0 Å². The molecular weight excluding hydrogens is 272 g/mol. The van der Waals surface area contributed by atoms with E-state index in [1.807, 2.05) is 0 Å². The highest BCUT2D eigenvalue weighted by Gasteiger charge is 2.34. The molecule has 1 aliphatic rings. The predicted octanol–water partition coefficient (Wildman–Crippen LogP) is 7.07. The van der Waals surface area contributed by atoms with Crippen molar-refractivity contribution in [1.29, 1.82) is 0 Å². The quantitative estimate of drug-likeness (QED) is 0.261. The van der Waals surface area contributed by atoms with Gasteiger partial charge >= 0.3 is 0 Å². The second-order valence-corrected chi connectivity index (χ2v) is 11.7. The summed E-state index contributed by atoms with van der Waals surface area (Å²) in [7, 11) is -1.25. The molecule has 21 heavy (non-hydrogen) atoms. The Morgan fingerprint density at radius 2 is 1.29 bits per heavy atom. The van der Waals surface area contributed by atoms with Crippen molar-refractivity contribution in [2.24, 2.45) is 0 Å². The molecule has 0 radical (unpaired) electrons. The lowest BCUT2D eigenvalue weighted by atomic mass is 10.1. The van der Waals surface area contributed by atoms with Crippen LogP contribution in [0, 0.1) is 0 Å². The molecule has 1 rings (SSSR count). The van der Waals surface area contributed by atoms with Gasteiger partial charge in [-0.25, -0.2) is 0 Å². The molecular formula is C19H40OSi. The van der Waals surface area contributed by atoms with Crippen LogP contribution in [0.1, 0.15) is 97.3 Å². The van der Waals surface area contributed by atoms with Crippen LogP contribution in [-0.2, 0) is 4.43 Å². The van der Waals surface area contributed by atoms with E-state index in [2.05, 4.69) is 20.4 Å². The fraction of sp³-hybridized carbons (Fsp3) is 1.00. The number of hydrogen-bond donors (Lipinski definition) is 0. The highest BCUT2D eigenvalue weighted by Crippen LogP contribution is 2.32. The summed E-state index contributed by atoms with van der Waals surface area (Å²) >= 11 is 0. The molecule has 1 fully saturated rings. The van der Waals surface area contributed by atoms with Gasteiger partial charge in [0.1, 0.15) is 0 Å². The van der Waals surface area contributed by atoms with Gasteiger partial charge in [-0.1, -0.05) is 84.0 Å². The molecule has 0 aliphatic carbocycles. The maximum Gasteiger partial charge on any atom is 0.190 e. The standard InChI is InChI=1S/C19H40OSi/c1-4-5-6-7-8-9-10-11-12-13-16-19(2)20-21(3)17-14-15-18-21/h19H,4-18H2,1-3H3. The molecule has 1 heterocycles. The van der Waals surface area contributed by atoms with Gasteiger partial charge in [0.2, 0.25) is 0 Å². The van der Waals surface area contributed by atoms with E-state index in [-0.39, 0.29) is 0 Å². The summed E-state index contributed by atoms with van der Waals surface area (Å²) < 4.78 is 6.42. The Morgan fingerprint density at radius 1 is 0.810 bits per heavy atom. The van der Waals surface area contributed by atoms with Gasteiger partial charge in [0, 0.05) is 6.10 Å². The van der Waals surface area contributed by atoms with Crippen molar-refractivity contribution in [3.05, 3.63) is 0 Å². The molecule has 1 aliphatic heterocycles. The van der Waals surface area contributed by atoms with Gasteiger partial charge < -0.3 is 4.43 Å². The third kappa shape index (κ3) is 9.73. The van der Waals surface area contributed by atoms with Crippen LogP contribution in [0.3, 0.4) is 0 Å². The zero-order valence-corrected chi connectivity index (χ0v) is 16.1. The fourth-order valence-electron chi connectivity index (χ4n) is 3.70. The van der Waals surface area contributed by atoms with E-state index in [1.54, 1.807) is 0 Å². The van der Waals surface area contributed by atoms with Crippen LogP contribution in [-0.4, -0.2) is 14.4 Å². The number of hydrogen-bond acceptors (Lipinski definition) is 1. The number of rotatable bonds is 13. The molecule has 1 atom stereocenters. The van der Waals surface area contributed by atoms with Crippen molar-refractivity contribution in [2.75, 3.05) is 0 Å². The first-order valence-corrected chi connectivity index (χ1v) is 12.7. The minimum absolute atomic E-state index is 0.522. The molecule has 0 N–H and O–H groups in total. The van der Waals surface area contributed by atoms with Crippen LogP contribution in [0.25, 0.3) is 0 Å². The van der Waals surface area contributed by atoms with E-state index in [0.717, 1.165) is 0 Å². The van der Waals surface area contributed by atoms with Crippen molar-refractivity contribution < 1.29 is 4.43 Å². The second kappa shape index (κ2) is 11.7. The van der Waals surface area contributed by atoms with Gasteiger partial charge in [-0.2, -0.15) is 0 Å². The van der Waals surface area contributed by atoms with Crippen molar-refractivity contribution in [3.63, 3.8) is 0 Å². The first-order chi connectivity index (χ1) is 10.2. The molecule has 0 bridgehead atoms. The molecule has 0 spiro atoms. The lowest BCUT2D eigenvalue weighted by Gasteiger charge is -2.26. The molecule has 0 aromatic carbocycles. The predicted molar refractivity (Wildman–Crippen MR) is 97.5 cm³/mol. The van der Waals surface area contributed by atoms with Gasteiger partial charge in [-0.05, 0) is 32.0 Å². The Morgan fingerprint density at radius 3 is 1.81 bits per heavy atom. The Hall–Kier alpha value is 0.177. The van der Waals surface area contributed by atoms with E-state index in [0.29, 0.717) is 6.10 Å². The van der Waals surface area contributed by atoms with Crippen LogP contribution >= 0.6 is 0 Å². The van der Waals surface area contributed by atoms with Crippen LogP contribution in [0.4, 0.5) is 0 Å². The normalized spacial score (nSPS) is 19.0. The SMILES string of the molecule is CCCCCCCCCCCCC(C)O[Si]1(C)CCCC1. The average Bonchev–Trinajstić information content (AvgIpc) is 2.87. The third-order valence-electron chi connectivity index (χ3n) is 5.11. The van der Waals surface area contributed by atoms with Gasteiger partial charge in [-0.15, -0.1) is 0 Å². The summed E-state index contributed by atoms with van der Waals surface area (Å²) in [6.07, 6.45) is 19.0. The lowest BCUT2D eigenvalue weighted by Crippen LogP contribution is -2.34. The van der Waals surface area contributed by atoms with E-state index in [4.69, 9.17) is 4.43 Å². The molecule has 1 nitrogen and oxygen atoms in total. The molecule has 1 unspecified atom stereocenters. The van der Waals surface area contributed by atoms with Gasteiger partial charge in [0.25, 0.3) is 0 Å². The summed E-state index contributed by atoms with van der Waals surface area (Å²) in [5, 5.41) is 0. The molecule has 0 aromatic rings. The highest BCUT2D eigenvalue weighted by molar-refractivity contribution is 6.73. The van der Waals surface area contributed by atoms with Crippen molar-refractivity contribution in [2.45, 2.75) is 122 Å². The minimum Gasteiger partial charge on any atom is -0.414 e. The smallest absolute Gasteiger partial charge is 0.190 e. The Labute approximate surface area is 135 Å².